The number of nitrogens with zero attached hydrogens (tertiary/aromatic N) is 1. The summed E-state index contributed by atoms with van der Waals surface area (Å²) in [5.74, 6) is 1.24. The van der Waals surface area contributed by atoms with Gasteiger partial charge in [0, 0.05) is 6.07 Å². The van der Waals surface area contributed by atoms with Crippen molar-refractivity contribution in [1.29, 1.82) is 0 Å². The molecule has 2 rings (SSSR count). The number of carbonyl (C=O) groups is 1. The van der Waals surface area contributed by atoms with Crippen LogP contribution in [0.15, 0.2) is 12.1 Å². The number of carbonyl (C=O) groups excluding carboxylic acids is 1. The molecule has 5 heteroatoms. The molecule has 0 bridgehead atoms. The minimum atomic E-state index is -0.373. The number of pyridine rings is 1. The molecule has 1 aromatic rings. The van der Waals surface area contributed by atoms with Crippen LogP contribution in [0.5, 0.6) is 5.88 Å². The lowest BCUT2D eigenvalue weighted by atomic mass is 9.80. The molecular formula is C16H24N2O3. The van der Waals surface area contributed by atoms with E-state index in [9.17, 15) is 4.79 Å². The Hall–Kier alpha value is -1.62. The topological polar surface area (TPSA) is 74.4 Å². The van der Waals surface area contributed by atoms with E-state index < -0.39 is 0 Å². The van der Waals surface area contributed by atoms with Gasteiger partial charge in [0.1, 0.15) is 0 Å². The van der Waals surface area contributed by atoms with E-state index in [2.05, 4.69) is 4.98 Å². The normalized spacial score (nSPS) is 21.9. The van der Waals surface area contributed by atoms with Gasteiger partial charge in [0.2, 0.25) is 5.88 Å². The zero-order valence-corrected chi connectivity index (χ0v) is 12.8. The quantitative estimate of drug-likeness (QED) is 0.843. The first-order valence-electron chi connectivity index (χ1n) is 7.54. The van der Waals surface area contributed by atoms with Crippen molar-refractivity contribution in [3.05, 3.63) is 23.4 Å². The number of nitrogens with two attached hydrogens (primary N) is 1. The summed E-state index contributed by atoms with van der Waals surface area (Å²) in [6, 6.07) is 3.42. The summed E-state index contributed by atoms with van der Waals surface area (Å²) in [6.45, 7) is 3.15. The lowest BCUT2D eigenvalue weighted by molar-refractivity contribution is 0.0599. The summed E-state index contributed by atoms with van der Waals surface area (Å²) < 4.78 is 10.5. The maximum Gasteiger partial charge on any atom is 0.339 e. The summed E-state index contributed by atoms with van der Waals surface area (Å²) >= 11 is 0. The first kappa shape index (κ1) is 15.8. The molecule has 0 aliphatic heterocycles. The van der Waals surface area contributed by atoms with Crippen molar-refractivity contribution in [2.45, 2.75) is 32.6 Å². The van der Waals surface area contributed by atoms with E-state index in [1.807, 2.05) is 0 Å². The summed E-state index contributed by atoms with van der Waals surface area (Å²) in [5, 5.41) is 0. The molecule has 0 spiro atoms. The predicted molar refractivity (Wildman–Crippen MR) is 80.3 cm³/mol. The van der Waals surface area contributed by atoms with E-state index in [1.54, 1.807) is 19.1 Å². The number of ether oxygens (including phenoxy) is 2. The van der Waals surface area contributed by atoms with Gasteiger partial charge < -0.3 is 15.2 Å². The molecule has 1 aliphatic carbocycles. The smallest absolute Gasteiger partial charge is 0.339 e. The van der Waals surface area contributed by atoms with Crippen molar-refractivity contribution in [2.75, 3.05) is 20.3 Å². The Morgan fingerprint density at radius 1 is 1.33 bits per heavy atom. The van der Waals surface area contributed by atoms with Gasteiger partial charge in [0.25, 0.3) is 0 Å². The van der Waals surface area contributed by atoms with Gasteiger partial charge in [-0.1, -0.05) is 12.8 Å². The van der Waals surface area contributed by atoms with Crippen LogP contribution < -0.4 is 10.5 Å². The number of methoxy groups -OCH3 is 1. The molecule has 1 saturated carbocycles. The maximum atomic E-state index is 11.5. The fraction of sp³-hybridized carbons (Fsp3) is 0.625. The molecule has 2 atom stereocenters. The van der Waals surface area contributed by atoms with Gasteiger partial charge in [-0.2, -0.15) is 0 Å². The average molecular weight is 292 g/mol. The third-order valence-electron chi connectivity index (χ3n) is 4.28. The summed E-state index contributed by atoms with van der Waals surface area (Å²) in [7, 11) is 1.36. The highest BCUT2D eigenvalue weighted by Gasteiger charge is 2.24. The summed E-state index contributed by atoms with van der Waals surface area (Å²) in [6.07, 6.45) is 4.88. The van der Waals surface area contributed by atoms with Gasteiger partial charge in [0.05, 0.1) is 25.0 Å². The Kier molecular flexibility index (Phi) is 5.56. The average Bonchev–Trinajstić information content (AvgIpc) is 2.52. The van der Waals surface area contributed by atoms with Crippen LogP contribution >= 0.6 is 0 Å². The zero-order valence-electron chi connectivity index (χ0n) is 12.8. The third-order valence-corrected chi connectivity index (χ3v) is 4.28. The minimum Gasteiger partial charge on any atom is -0.477 e. The SMILES string of the molecule is COC(=O)c1ccc(OCC2CCCCC2CN)nc1C. The lowest BCUT2D eigenvalue weighted by Crippen LogP contribution is -2.30. The van der Waals surface area contributed by atoms with Crippen molar-refractivity contribution in [2.24, 2.45) is 17.6 Å². The van der Waals surface area contributed by atoms with Crippen LogP contribution in [-0.2, 0) is 4.74 Å². The number of esters is 1. The number of aryl methyl sites for hydroxylation is 1. The summed E-state index contributed by atoms with van der Waals surface area (Å²) in [4.78, 5) is 15.8. The van der Waals surface area contributed by atoms with Gasteiger partial charge in [-0.05, 0) is 44.2 Å². The van der Waals surface area contributed by atoms with Crippen LogP contribution in [0.2, 0.25) is 0 Å². The Bertz CT molecular complexity index is 490. The van der Waals surface area contributed by atoms with E-state index >= 15 is 0 Å². The van der Waals surface area contributed by atoms with Crippen LogP contribution in [0.3, 0.4) is 0 Å². The molecule has 2 unspecified atom stereocenters. The molecule has 1 aromatic heterocycles. The Balaban J connectivity index is 1.97. The molecule has 1 fully saturated rings. The largest absolute Gasteiger partial charge is 0.477 e. The first-order valence-corrected chi connectivity index (χ1v) is 7.54. The second kappa shape index (κ2) is 7.41. The second-order valence-electron chi connectivity index (χ2n) is 5.63. The zero-order chi connectivity index (χ0) is 15.2. The Morgan fingerprint density at radius 2 is 2.05 bits per heavy atom. The van der Waals surface area contributed by atoms with Crippen LogP contribution in [0.25, 0.3) is 0 Å². The van der Waals surface area contributed by atoms with Crippen LogP contribution in [0.4, 0.5) is 0 Å². The maximum absolute atomic E-state index is 11.5. The molecular weight excluding hydrogens is 268 g/mol. The number of aromatic nitrogens is 1. The highest BCUT2D eigenvalue weighted by Crippen LogP contribution is 2.29. The number of hydrogen-bond donors (Lipinski definition) is 1. The van der Waals surface area contributed by atoms with Crippen LogP contribution in [0, 0.1) is 18.8 Å². The fourth-order valence-corrected chi connectivity index (χ4v) is 2.95. The van der Waals surface area contributed by atoms with E-state index in [1.165, 1.54) is 32.8 Å². The minimum absolute atomic E-state index is 0.373. The van der Waals surface area contributed by atoms with Crippen LogP contribution in [0.1, 0.15) is 41.7 Å². The molecule has 0 saturated heterocycles. The molecule has 1 heterocycles. The molecule has 2 N–H and O–H groups in total. The standard InChI is InChI=1S/C16H24N2O3/c1-11-14(16(19)20-2)7-8-15(18-11)21-10-13-6-4-3-5-12(13)9-17/h7-8,12-13H,3-6,9-10,17H2,1-2H3. The van der Waals surface area contributed by atoms with Gasteiger partial charge in [-0.3, -0.25) is 0 Å². The Morgan fingerprint density at radius 3 is 2.67 bits per heavy atom. The molecule has 0 aromatic carbocycles. The predicted octanol–water partition coefficient (Wildman–Crippen LogP) is 2.32. The van der Waals surface area contributed by atoms with Crippen LogP contribution in [-0.4, -0.2) is 31.2 Å². The number of rotatable bonds is 5. The third kappa shape index (κ3) is 3.94. The lowest BCUT2D eigenvalue weighted by Gasteiger charge is -2.30. The van der Waals surface area contributed by atoms with Gasteiger partial charge in [-0.25, -0.2) is 9.78 Å². The number of hydrogen-bond acceptors (Lipinski definition) is 5. The molecule has 0 radical (unpaired) electrons. The fourth-order valence-electron chi connectivity index (χ4n) is 2.95. The Labute approximate surface area is 125 Å². The summed E-state index contributed by atoms with van der Waals surface area (Å²) in [5.41, 5.74) is 6.93. The van der Waals surface area contributed by atoms with E-state index in [0.29, 0.717) is 35.6 Å². The monoisotopic (exact) mass is 292 g/mol. The van der Waals surface area contributed by atoms with Gasteiger partial charge in [-0.15, -0.1) is 0 Å². The van der Waals surface area contributed by atoms with Gasteiger partial charge >= 0.3 is 5.97 Å². The first-order chi connectivity index (χ1) is 10.2. The molecule has 116 valence electrons. The van der Waals surface area contributed by atoms with Crippen molar-refractivity contribution in [1.82, 2.24) is 4.98 Å². The highest BCUT2D eigenvalue weighted by atomic mass is 16.5. The van der Waals surface area contributed by atoms with E-state index in [-0.39, 0.29) is 5.97 Å². The van der Waals surface area contributed by atoms with Crippen molar-refractivity contribution in [3.8, 4) is 5.88 Å². The van der Waals surface area contributed by atoms with Crippen molar-refractivity contribution in [3.63, 3.8) is 0 Å². The highest BCUT2D eigenvalue weighted by molar-refractivity contribution is 5.90. The molecule has 5 nitrogen and oxygen atoms in total. The van der Waals surface area contributed by atoms with E-state index in [0.717, 1.165) is 6.54 Å². The van der Waals surface area contributed by atoms with Crippen molar-refractivity contribution >= 4 is 5.97 Å². The second-order valence-corrected chi connectivity index (χ2v) is 5.63. The molecule has 21 heavy (non-hydrogen) atoms. The molecule has 0 amide bonds. The van der Waals surface area contributed by atoms with Crippen molar-refractivity contribution < 1.29 is 14.3 Å². The molecule has 1 aliphatic rings. The van der Waals surface area contributed by atoms with E-state index in [4.69, 9.17) is 15.2 Å². The van der Waals surface area contributed by atoms with Gasteiger partial charge in [0.15, 0.2) is 0 Å².